The third-order valence-corrected chi connectivity index (χ3v) is 4.40. The normalized spacial score (nSPS) is 11.0. The lowest BCUT2D eigenvalue weighted by Crippen LogP contribution is -2.24. The SMILES string of the molecule is O=c1c(-c2cnccn2)cn2ccn(Cc3cccc(Cl)c3)c(=O)c2c1O. The van der Waals surface area contributed by atoms with Gasteiger partial charge in [-0.1, -0.05) is 23.7 Å². The molecule has 3 aromatic heterocycles. The molecule has 0 bridgehead atoms. The van der Waals surface area contributed by atoms with E-state index in [1.807, 2.05) is 6.07 Å². The predicted molar refractivity (Wildman–Crippen MR) is 101 cm³/mol. The fourth-order valence-electron chi connectivity index (χ4n) is 2.88. The fourth-order valence-corrected chi connectivity index (χ4v) is 3.10. The van der Waals surface area contributed by atoms with Crippen molar-refractivity contribution in [1.29, 1.82) is 0 Å². The van der Waals surface area contributed by atoms with E-state index in [1.165, 1.54) is 33.8 Å². The van der Waals surface area contributed by atoms with Crippen molar-refractivity contribution in [1.82, 2.24) is 18.9 Å². The number of aromatic nitrogens is 4. The molecule has 134 valence electrons. The Balaban J connectivity index is 1.88. The van der Waals surface area contributed by atoms with Crippen LogP contribution in [0.4, 0.5) is 0 Å². The first kappa shape index (κ1) is 17.0. The van der Waals surface area contributed by atoms with Gasteiger partial charge in [0.15, 0.2) is 11.3 Å². The largest absolute Gasteiger partial charge is 0.503 e. The first-order valence-electron chi connectivity index (χ1n) is 8.03. The third kappa shape index (κ3) is 3.09. The summed E-state index contributed by atoms with van der Waals surface area (Å²) >= 11 is 5.98. The molecule has 0 amide bonds. The minimum Gasteiger partial charge on any atom is -0.503 e. The van der Waals surface area contributed by atoms with Gasteiger partial charge < -0.3 is 14.1 Å². The molecule has 0 unspecified atom stereocenters. The summed E-state index contributed by atoms with van der Waals surface area (Å²) in [4.78, 5) is 33.4. The van der Waals surface area contributed by atoms with Crippen LogP contribution >= 0.6 is 11.6 Å². The summed E-state index contributed by atoms with van der Waals surface area (Å²) < 4.78 is 2.82. The second-order valence-electron chi connectivity index (χ2n) is 5.93. The number of hydrogen-bond acceptors (Lipinski definition) is 5. The van der Waals surface area contributed by atoms with Crippen LogP contribution in [-0.2, 0) is 6.54 Å². The average molecular weight is 381 g/mol. The molecule has 1 N–H and O–H groups in total. The molecule has 4 aromatic rings. The quantitative estimate of drug-likeness (QED) is 0.589. The van der Waals surface area contributed by atoms with Crippen LogP contribution in [0.3, 0.4) is 0 Å². The number of hydrogen-bond donors (Lipinski definition) is 1. The van der Waals surface area contributed by atoms with E-state index >= 15 is 0 Å². The molecule has 0 spiro atoms. The van der Waals surface area contributed by atoms with Crippen molar-refractivity contribution in [3.8, 4) is 17.0 Å². The Bertz CT molecular complexity index is 1270. The summed E-state index contributed by atoms with van der Waals surface area (Å²) in [6.07, 6.45) is 9.00. The Kier molecular flexibility index (Phi) is 4.21. The lowest BCUT2D eigenvalue weighted by atomic mass is 10.2. The summed E-state index contributed by atoms with van der Waals surface area (Å²) in [7, 11) is 0. The zero-order chi connectivity index (χ0) is 19.0. The number of benzene rings is 1. The maximum atomic E-state index is 12.8. The van der Waals surface area contributed by atoms with E-state index in [2.05, 4.69) is 9.97 Å². The molecule has 0 saturated carbocycles. The zero-order valence-corrected chi connectivity index (χ0v) is 14.7. The molecule has 0 atom stereocenters. The lowest BCUT2D eigenvalue weighted by Gasteiger charge is -2.11. The molecule has 7 nitrogen and oxygen atoms in total. The van der Waals surface area contributed by atoms with Crippen LogP contribution in [0.2, 0.25) is 5.02 Å². The molecule has 0 aliphatic rings. The van der Waals surface area contributed by atoms with Gasteiger partial charge in [0.05, 0.1) is 24.0 Å². The van der Waals surface area contributed by atoms with Crippen molar-refractivity contribution < 1.29 is 5.11 Å². The fraction of sp³-hybridized carbons (Fsp3) is 0.0526. The van der Waals surface area contributed by atoms with E-state index in [4.69, 9.17) is 11.6 Å². The highest BCUT2D eigenvalue weighted by Gasteiger charge is 2.16. The van der Waals surface area contributed by atoms with E-state index < -0.39 is 16.7 Å². The lowest BCUT2D eigenvalue weighted by molar-refractivity contribution is 0.472. The second-order valence-corrected chi connectivity index (χ2v) is 6.36. The first-order chi connectivity index (χ1) is 13.0. The molecule has 0 saturated heterocycles. The number of pyridine rings is 1. The van der Waals surface area contributed by atoms with Gasteiger partial charge in [0.2, 0.25) is 5.43 Å². The minimum atomic E-state index is -0.673. The van der Waals surface area contributed by atoms with Gasteiger partial charge in [-0.3, -0.25) is 19.6 Å². The summed E-state index contributed by atoms with van der Waals surface area (Å²) in [5, 5.41) is 11.0. The van der Waals surface area contributed by atoms with Crippen LogP contribution in [0.1, 0.15) is 5.56 Å². The van der Waals surface area contributed by atoms with Gasteiger partial charge in [0.25, 0.3) is 5.56 Å². The maximum Gasteiger partial charge on any atom is 0.279 e. The van der Waals surface area contributed by atoms with Gasteiger partial charge in [0.1, 0.15) is 0 Å². The molecule has 0 aliphatic heterocycles. The van der Waals surface area contributed by atoms with Gasteiger partial charge in [-0.15, -0.1) is 0 Å². The van der Waals surface area contributed by atoms with E-state index in [9.17, 15) is 14.7 Å². The molecular weight excluding hydrogens is 368 g/mol. The Morgan fingerprint density at radius 3 is 2.74 bits per heavy atom. The topological polar surface area (TPSA) is 89.5 Å². The summed E-state index contributed by atoms with van der Waals surface area (Å²) in [6.45, 7) is 0.259. The molecule has 0 aliphatic carbocycles. The number of halogens is 1. The molecular formula is C19H13ClN4O3. The molecule has 0 fully saturated rings. The van der Waals surface area contributed by atoms with Crippen LogP contribution < -0.4 is 11.0 Å². The minimum absolute atomic E-state index is 0.0998. The number of rotatable bonds is 3. The first-order valence-corrected chi connectivity index (χ1v) is 8.40. The van der Waals surface area contributed by atoms with Gasteiger partial charge in [0, 0.05) is 36.0 Å². The molecule has 4 rings (SSSR count). The van der Waals surface area contributed by atoms with Gasteiger partial charge in [-0.05, 0) is 17.7 Å². The van der Waals surface area contributed by atoms with E-state index in [-0.39, 0.29) is 17.6 Å². The van der Waals surface area contributed by atoms with Crippen LogP contribution in [0.25, 0.3) is 16.8 Å². The molecule has 1 aromatic carbocycles. The van der Waals surface area contributed by atoms with E-state index in [1.54, 1.807) is 30.6 Å². The summed E-state index contributed by atoms with van der Waals surface area (Å²) in [6, 6.07) is 7.12. The smallest absolute Gasteiger partial charge is 0.279 e. The van der Waals surface area contributed by atoms with Crippen molar-refractivity contribution in [3.05, 3.63) is 92.6 Å². The molecule has 3 heterocycles. The summed E-state index contributed by atoms with van der Waals surface area (Å²) in [5.41, 5.74) is 0.0374. The predicted octanol–water partition coefficient (Wildman–Crippen LogP) is 2.33. The highest BCUT2D eigenvalue weighted by atomic mass is 35.5. The van der Waals surface area contributed by atoms with Crippen molar-refractivity contribution in [2.75, 3.05) is 0 Å². The van der Waals surface area contributed by atoms with Crippen molar-refractivity contribution in [2.24, 2.45) is 0 Å². The highest BCUT2D eigenvalue weighted by Crippen LogP contribution is 2.18. The average Bonchev–Trinajstić information content (AvgIpc) is 2.67. The highest BCUT2D eigenvalue weighted by molar-refractivity contribution is 6.30. The maximum absolute atomic E-state index is 12.8. The zero-order valence-electron chi connectivity index (χ0n) is 13.9. The second kappa shape index (κ2) is 6.69. The number of fused-ring (bicyclic) bond motifs is 1. The van der Waals surface area contributed by atoms with Crippen molar-refractivity contribution in [3.63, 3.8) is 0 Å². The van der Waals surface area contributed by atoms with Gasteiger partial charge in [-0.25, -0.2) is 0 Å². The van der Waals surface area contributed by atoms with Gasteiger partial charge in [-0.2, -0.15) is 0 Å². The van der Waals surface area contributed by atoms with E-state index in [0.29, 0.717) is 10.7 Å². The molecule has 27 heavy (non-hydrogen) atoms. The van der Waals surface area contributed by atoms with Crippen LogP contribution in [0, 0.1) is 0 Å². The summed E-state index contributed by atoms with van der Waals surface area (Å²) in [5.74, 6) is -0.622. The third-order valence-electron chi connectivity index (χ3n) is 4.16. The Labute approximate surface area is 157 Å². The Morgan fingerprint density at radius 2 is 2.00 bits per heavy atom. The van der Waals surface area contributed by atoms with Gasteiger partial charge >= 0.3 is 0 Å². The standard InChI is InChI=1S/C19H13ClN4O3/c20-13-3-1-2-12(8-13)10-24-7-6-23-11-14(15-9-21-4-5-22-15)17(25)18(26)16(23)19(24)27/h1-9,11,26H,10H2. The van der Waals surface area contributed by atoms with Crippen molar-refractivity contribution >= 4 is 17.1 Å². The Hall–Kier alpha value is -3.45. The number of nitrogens with zero attached hydrogens (tertiary/aromatic N) is 4. The van der Waals surface area contributed by atoms with Crippen LogP contribution in [0.15, 0.2) is 71.0 Å². The monoisotopic (exact) mass is 380 g/mol. The Morgan fingerprint density at radius 1 is 1.15 bits per heavy atom. The number of aromatic hydroxyl groups is 1. The van der Waals surface area contributed by atoms with Crippen LogP contribution in [-0.4, -0.2) is 24.0 Å². The van der Waals surface area contributed by atoms with E-state index in [0.717, 1.165) is 5.56 Å². The van der Waals surface area contributed by atoms with Crippen LogP contribution in [0.5, 0.6) is 5.75 Å². The van der Waals surface area contributed by atoms with Crippen molar-refractivity contribution in [2.45, 2.75) is 6.54 Å². The molecule has 8 heteroatoms. The molecule has 0 radical (unpaired) electrons.